The molecule has 0 fully saturated rings. The zero-order valence-electron chi connectivity index (χ0n) is 4.91. The van der Waals surface area contributed by atoms with Gasteiger partial charge in [-0.3, -0.25) is 0 Å². The molecule has 0 bridgehead atoms. The number of hydrogen-bond donors (Lipinski definition) is 1. The van der Waals surface area contributed by atoms with Crippen LogP contribution in [0.3, 0.4) is 0 Å². The lowest BCUT2D eigenvalue weighted by molar-refractivity contribution is -0.131. The van der Waals surface area contributed by atoms with Gasteiger partial charge in [-0.1, -0.05) is 18.3 Å². The highest BCUT2D eigenvalue weighted by molar-refractivity contribution is 7.78. The van der Waals surface area contributed by atoms with Crippen LogP contribution in [0.5, 0.6) is 0 Å². The number of aliphatic carboxylic acids is 1. The van der Waals surface area contributed by atoms with Crippen LogP contribution in [0.25, 0.3) is 0 Å². The summed E-state index contributed by atoms with van der Waals surface area (Å²) >= 11 is 4.52. The van der Waals surface area contributed by atoms with Gasteiger partial charge in [0.2, 0.25) is 0 Å². The average molecular weight is 144 g/mol. The summed E-state index contributed by atoms with van der Waals surface area (Å²) in [7, 11) is 0. The van der Waals surface area contributed by atoms with E-state index in [9.17, 15) is 4.79 Å². The largest absolute Gasteiger partial charge is 0.478 e. The van der Waals surface area contributed by atoms with Crippen molar-refractivity contribution in [2.75, 3.05) is 0 Å². The predicted molar refractivity (Wildman–Crippen MR) is 39.7 cm³/mol. The molecule has 1 N–H and O–H groups in total. The van der Waals surface area contributed by atoms with Gasteiger partial charge in [-0.2, -0.15) is 0 Å². The number of carboxylic acid groups (broad SMARTS) is 1. The summed E-state index contributed by atoms with van der Waals surface area (Å²) in [6.07, 6.45) is 4.19. The first-order valence-electron chi connectivity index (χ1n) is 2.60. The first kappa shape index (κ1) is 8.30. The maximum Gasteiger partial charge on any atom is 0.327 e. The summed E-state index contributed by atoms with van der Waals surface area (Å²) in [6, 6.07) is 0. The molecular weight excluding hydrogens is 136 g/mol. The molecule has 0 aromatic carbocycles. The first-order valence-corrected chi connectivity index (χ1v) is 3.07. The van der Waals surface area contributed by atoms with Crippen molar-refractivity contribution in [3.63, 3.8) is 0 Å². The number of hydrogen-bond acceptors (Lipinski definition) is 2. The lowest BCUT2D eigenvalue weighted by Crippen LogP contribution is -1.85. The van der Waals surface area contributed by atoms with E-state index in [1.807, 2.05) is 0 Å². The van der Waals surface area contributed by atoms with Gasteiger partial charge in [0.25, 0.3) is 0 Å². The topological polar surface area (TPSA) is 37.3 Å². The molecule has 0 aliphatic heterocycles. The van der Waals surface area contributed by atoms with Crippen molar-refractivity contribution in [2.45, 2.75) is 12.8 Å². The summed E-state index contributed by atoms with van der Waals surface area (Å²) in [6.45, 7) is 0. The van der Waals surface area contributed by atoms with E-state index in [-0.39, 0.29) is 0 Å². The monoisotopic (exact) mass is 144 g/mol. The zero-order chi connectivity index (χ0) is 7.11. The summed E-state index contributed by atoms with van der Waals surface area (Å²) in [5, 5.41) is 9.68. The molecule has 0 spiro atoms. The molecule has 0 aromatic rings. The average Bonchev–Trinajstić information content (AvgIpc) is 1.80. The quantitative estimate of drug-likeness (QED) is 0.368. The number of unbranched alkanes of at least 4 members (excludes halogenated alkanes) is 1. The van der Waals surface area contributed by atoms with Crippen molar-refractivity contribution in [3.05, 3.63) is 12.2 Å². The Hall–Kier alpha value is -0.700. The van der Waals surface area contributed by atoms with Crippen molar-refractivity contribution in [3.8, 4) is 0 Å². The molecule has 0 aliphatic carbocycles. The van der Waals surface area contributed by atoms with Crippen LogP contribution in [0, 0.1) is 0 Å². The van der Waals surface area contributed by atoms with Gasteiger partial charge in [0.15, 0.2) is 0 Å². The lowest BCUT2D eigenvalue weighted by atomic mass is 10.3. The molecule has 3 heteroatoms. The molecule has 2 nitrogen and oxygen atoms in total. The van der Waals surface area contributed by atoms with Gasteiger partial charge in [0.1, 0.15) is 0 Å². The van der Waals surface area contributed by atoms with Crippen LogP contribution in [0.4, 0.5) is 0 Å². The molecule has 0 rings (SSSR count). The fourth-order valence-corrected chi connectivity index (χ4v) is 0.484. The van der Waals surface area contributed by atoms with E-state index < -0.39 is 5.97 Å². The van der Waals surface area contributed by atoms with Crippen molar-refractivity contribution in [1.29, 1.82) is 0 Å². The summed E-state index contributed by atoms with van der Waals surface area (Å²) < 4.78 is 0. The van der Waals surface area contributed by atoms with E-state index in [4.69, 9.17) is 5.11 Å². The minimum atomic E-state index is -0.903. The van der Waals surface area contributed by atoms with E-state index in [0.29, 0.717) is 0 Å². The number of carbonyl (C=O) groups is 1. The Kier molecular flexibility index (Phi) is 5.01. The van der Waals surface area contributed by atoms with Crippen LogP contribution < -0.4 is 0 Å². The Morgan fingerprint density at radius 1 is 1.56 bits per heavy atom. The van der Waals surface area contributed by atoms with Crippen molar-refractivity contribution in [2.24, 2.45) is 0 Å². The minimum Gasteiger partial charge on any atom is -0.478 e. The number of thiocarbonyl (C=S) groups is 1. The smallest absolute Gasteiger partial charge is 0.327 e. The molecule has 0 atom stereocenters. The molecule has 50 valence electrons. The van der Waals surface area contributed by atoms with Crippen molar-refractivity contribution < 1.29 is 9.90 Å². The van der Waals surface area contributed by atoms with E-state index in [2.05, 4.69) is 12.2 Å². The number of allylic oxidation sites excluding steroid dienone is 1. The number of carboxylic acids is 1. The van der Waals surface area contributed by atoms with Crippen molar-refractivity contribution >= 4 is 23.6 Å². The normalized spacial score (nSPS) is 9.78. The SMILES string of the molecule is O=C(O)C=CCCC=S. The Morgan fingerprint density at radius 3 is 2.67 bits per heavy atom. The van der Waals surface area contributed by atoms with Gasteiger partial charge >= 0.3 is 5.97 Å². The van der Waals surface area contributed by atoms with Gasteiger partial charge in [-0.05, 0) is 18.2 Å². The Morgan fingerprint density at radius 2 is 2.22 bits per heavy atom. The summed E-state index contributed by atoms with van der Waals surface area (Å²) in [5.74, 6) is -0.903. The highest BCUT2D eigenvalue weighted by atomic mass is 32.1. The van der Waals surface area contributed by atoms with Crippen LogP contribution in [-0.4, -0.2) is 16.4 Å². The zero-order valence-corrected chi connectivity index (χ0v) is 5.73. The van der Waals surface area contributed by atoms with E-state index >= 15 is 0 Å². The Balaban J connectivity index is 3.24. The highest BCUT2D eigenvalue weighted by Crippen LogP contribution is 1.86. The van der Waals surface area contributed by atoms with Crippen LogP contribution in [0.1, 0.15) is 12.8 Å². The third-order valence-electron chi connectivity index (χ3n) is 0.712. The van der Waals surface area contributed by atoms with E-state index in [0.717, 1.165) is 18.9 Å². The fraction of sp³-hybridized carbons (Fsp3) is 0.333. The second-order valence-corrected chi connectivity index (χ2v) is 1.82. The second-order valence-electron chi connectivity index (χ2n) is 1.48. The fourth-order valence-electron chi connectivity index (χ4n) is 0.348. The summed E-state index contributed by atoms with van der Waals surface area (Å²) in [5.41, 5.74) is 0. The van der Waals surface area contributed by atoms with Crippen LogP contribution in [0.2, 0.25) is 0 Å². The van der Waals surface area contributed by atoms with Gasteiger partial charge in [0.05, 0.1) is 0 Å². The first-order chi connectivity index (χ1) is 4.27. The third kappa shape index (κ3) is 7.30. The standard InChI is InChI=1S/C6H8O2S/c7-6(8)4-2-1-3-5-9/h2,4-5H,1,3H2,(H,7,8). The Bertz CT molecular complexity index is 129. The molecular formula is C6H8O2S. The maximum absolute atomic E-state index is 9.84. The third-order valence-corrected chi connectivity index (χ3v) is 0.947. The molecule has 0 amide bonds. The van der Waals surface area contributed by atoms with Gasteiger partial charge in [0, 0.05) is 6.08 Å². The number of rotatable bonds is 4. The summed E-state index contributed by atoms with van der Waals surface area (Å²) in [4.78, 5) is 9.84. The van der Waals surface area contributed by atoms with Crippen LogP contribution in [0.15, 0.2) is 12.2 Å². The van der Waals surface area contributed by atoms with E-state index in [1.165, 1.54) is 0 Å². The molecule has 0 aliphatic rings. The van der Waals surface area contributed by atoms with Gasteiger partial charge in [-0.15, -0.1) is 0 Å². The van der Waals surface area contributed by atoms with E-state index in [1.54, 1.807) is 11.4 Å². The van der Waals surface area contributed by atoms with Gasteiger partial charge < -0.3 is 5.11 Å². The molecule has 0 saturated carbocycles. The van der Waals surface area contributed by atoms with Gasteiger partial charge in [-0.25, -0.2) is 4.79 Å². The molecule has 0 heterocycles. The second kappa shape index (κ2) is 5.44. The molecule has 0 saturated heterocycles. The molecule has 0 aromatic heterocycles. The molecule has 0 radical (unpaired) electrons. The molecule has 0 unspecified atom stereocenters. The minimum absolute atomic E-state index is 0.718. The van der Waals surface area contributed by atoms with Crippen LogP contribution >= 0.6 is 12.2 Å². The predicted octanol–water partition coefficient (Wildman–Crippen LogP) is 1.41. The van der Waals surface area contributed by atoms with Crippen LogP contribution in [-0.2, 0) is 4.79 Å². The Labute approximate surface area is 59.2 Å². The van der Waals surface area contributed by atoms with Crippen molar-refractivity contribution in [1.82, 2.24) is 0 Å². The maximum atomic E-state index is 9.84. The molecule has 9 heavy (non-hydrogen) atoms. The lowest BCUT2D eigenvalue weighted by Gasteiger charge is -1.80. The highest BCUT2D eigenvalue weighted by Gasteiger charge is 1.82.